The zero-order valence-electron chi connectivity index (χ0n) is 21.6. The van der Waals surface area contributed by atoms with E-state index in [2.05, 4.69) is 5.32 Å². The lowest BCUT2D eigenvalue weighted by atomic mass is 9.84. The normalized spacial score (nSPS) is 22.0. The molecule has 0 radical (unpaired) electrons. The Balaban J connectivity index is 1.45. The number of benzene rings is 3. The third-order valence-corrected chi connectivity index (χ3v) is 11.4. The maximum atomic E-state index is 14.1. The lowest BCUT2D eigenvalue weighted by Gasteiger charge is -2.32. The zero-order chi connectivity index (χ0) is 26.6. The zero-order valence-corrected chi connectivity index (χ0v) is 23.2. The van der Waals surface area contributed by atoms with Crippen LogP contribution in [0.25, 0.3) is 0 Å². The van der Waals surface area contributed by atoms with Crippen LogP contribution in [0, 0.1) is 0 Å². The van der Waals surface area contributed by atoms with Crippen molar-refractivity contribution in [2.24, 2.45) is 0 Å². The molecule has 1 saturated heterocycles. The van der Waals surface area contributed by atoms with Crippen molar-refractivity contribution < 1.29 is 16.8 Å². The van der Waals surface area contributed by atoms with E-state index in [0.29, 0.717) is 12.5 Å². The minimum Gasteiger partial charge on any atom is -0.307 e. The number of hydrogen-bond donors (Lipinski definition) is 1. The predicted molar refractivity (Wildman–Crippen MR) is 151 cm³/mol. The van der Waals surface area contributed by atoms with E-state index in [-0.39, 0.29) is 22.9 Å². The Bertz CT molecular complexity index is 1400. The van der Waals surface area contributed by atoms with Gasteiger partial charge in [0.1, 0.15) is 0 Å². The summed E-state index contributed by atoms with van der Waals surface area (Å²) in [4.78, 5) is 0.207. The van der Waals surface area contributed by atoms with Crippen LogP contribution in [0.5, 0.6) is 0 Å². The first-order valence-electron chi connectivity index (χ1n) is 13.5. The van der Waals surface area contributed by atoms with Crippen molar-refractivity contribution in [3.63, 3.8) is 0 Å². The van der Waals surface area contributed by atoms with Gasteiger partial charge in [0.25, 0.3) is 0 Å². The van der Waals surface area contributed by atoms with Crippen LogP contribution in [-0.2, 0) is 33.0 Å². The van der Waals surface area contributed by atoms with Gasteiger partial charge < -0.3 is 5.32 Å². The molecule has 1 saturated carbocycles. The van der Waals surface area contributed by atoms with Gasteiger partial charge in [-0.15, -0.1) is 0 Å². The van der Waals surface area contributed by atoms with Gasteiger partial charge in [-0.3, -0.25) is 0 Å². The van der Waals surface area contributed by atoms with Gasteiger partial charge in [-0.2, -0.15) is 4.31 Å². The molecule has 0 bridgehead atoms. The standard InChI is InChI=1S/C30H36N2O4S2/c33-37(34)22-29(31-20-24-10-4-1-5-11-24)30(23-37)32(21-25-12-6-2-7-13-25)38(35,36)28-18-16-27(17-19-28)26-14-8-3-9-15-26/h1-2,4-7,10-13,16-19,26,29-31H,3,8-9,14-15,20-23H2/t29-,30+/m1/s1. The van der Waals surface area contributed by atoms with Gasteiger partial charge in [-0.1, -0.05) is 92.1 Å². The molecule has 2 atom stereocenters. The molecule has 5 rings (SSSR count). The molecule has 3 aromatic rings. The Morgan fingerprint density at radius 1 is 0.763 bits per heavy atom. The molecule has 8 heteroatoms. The third-order valence-electron chi connectivity index (χ3n) is 7.85. The van der Waals surface area contributed by atoms with Crippen LogP contribution < -0.4 is 5.32 Å². The number of rotatable bonds is 9. The van der Waals surface area contributed by atoms with Gasteiger partial charge in [0.2, 0.25) is 10.0 Å². The van der Waals surface area contributed by atoms with Gasteiger partial charge >= 0.3 is 0 Å². The smallest absolute Gasteiger partial charge is 0.243 e. The van der Waals surface area contributed by atoms with Gasteiger partial charge in [0.05, 0.1) is 22.4 Å². The molecule has 0 aromatic heterocycles. The van der Waals surface area contributed by atoms with Gasteiger partial charge in [-0.25, -0.2) is 16.8 Å². The monoisotopic (exact) mass is 552 g/mol. The summed E-state index contributed by atoms with van der Waals surface area (Å²) in [6, 6.07) is 25.2. The van der Waals surface area contributed by atoms with E-state index in [1.165, 1.54) is 29.1 Å². The van der Waals surface area contributed by atoms with E-state index in [9.17, 15) is 16.8 Å². The molecule has 0 spiro atoms. The molecule has 1 N–H and O–H groups in total. The highest BCUT2D eigenvalue weighted by Gasteiger charge is 2.45. The molecule has 1 aliphatic heterocycles. The minimum absolute atomic E-state index is 0.0913. The summed E-state index contributed by atoms with van der Waals surface area (Å²) in [5, 5.41) is 3.36. The summed E-state index contributed by atoms with van der Waals surface area (Å²) in [5.74, 6) is 0.185. The fourth-order valence-electron chi connectivity index (χ4n) is 5.78. The summed E-state index contributed by atoms with van der Waals surface area (Å²) >= 11 is 0. The van der Waals surface area contributed by atoms with E-state index in [0.717, 1.165) is 24.0 Å². The van der Waals surface area contributed by atoms with Gasteiger partial charge in [0.15, 0.2) is 9.84 Å². The molecular weight excluding hydrogens is 516 g/mol. The van der Waals surface area contributed by atoms with Crippen molar-refractivity contribution >= 4 is 19.9 Å². The SMILES string of the molecule is O=S1(=O)C[C@@H](NCc2ccccc2)[C@@H](N(Cc2ccccc2)S(=O)(=O)c2ccc(C3CCCCC3)cc2)C1. The second-order valence-corrected chi connectivity index (χ2v) is 14.6. The topological polar surface area (TPSA) is 83.6 Å². The van der Waals surface area contributed by atoms with Crippen LogP contribution in [0.4, 0.5) is 0 Å². The molecule has 0 amide bonds. The molecule has 3 aromatic carbocycles. The fraction of sp³-hybridized carbons (Fsp3) is 0.400. The maximum Gasteiger partial charge on any atom is 0.243 e. The van der Waals surface area contributed by atoms with E-state index in [1.54, 1.807) is 12.1 Å². The van der Waals surface area contributed by atoms with Crippen LogP contribution in [0.1, 0.15) is 54.7 Å². The summed E-state index contributed by atoms with van der Waals surface area (Å²) in [6.07, 6.45) is 5.97. The Morgan fingerprint density at radius 2 is 1.37 bits per heavy atom. The van der Waals surface area contributed by atoms with Crippen molar-refractivity contribution in [1.82, 2.24) is 9.62 Å². The molecule has 0 unspecified atom stereocenters. The molecule has 1 heterocycles. The molecule has 2 aliphatic rings. The van der Waals surface area contributed by atoms with E-state index in [4.69, 9.17) is 0 Å². The molecule has 1 aliphatic carbocycles. The number of nitrogens with one attached hydrogen (secondary N) is 1. The van der Waals surface area contributed by atoms with Gasteiger partial charge in [0, 0.05) is 19.1 Å². The molecule has 38 heavy (non-hydrogen) atoms. The first-order valence-corrected chi connectivity index (χ1v) is 16.7. The highest BCUT2D eigenvalue weighted by Crippen LogP contribution is 2.34. The van der Waals surface area contributed by atoms with Crippen molar-refractivity contribution in [2.75, 3.05) is 11.5 Å². The molecule has 2 fully saturated rings. The Morgan fingerprint density at radius 3 is 2.00 bits per heavy atom. The quantitative estimate of drug-likeness (QED) is 0.409. The first-order chi connectivity index (χ1) is 18.3. The van der Waals surface area contributed by atoms with Crippen molar-refractivity contribution in [2.45, 2.75) is 68.1 Å². The van der Waals surface area contributed by atoms with Crippen molar-refractivity contribution in [3.8, 4) is 0 Å². The number of hydrogen-bond acceptors (Lipinski definition) is 5. The van der Waals surface area contributed by atoms with Crippen LogP contribution in [0.15, 0.2) is 89.8 Å². The Hall–Kier alpha value is -2.52. The number of nitrogens with zero attached hydrogens (tertiary/aromatic N) is 1. The maximum absolute atomic E-state index is 14.1. The second-order valence-electron chi connectivity index (χ2n) is 10.6. The lowest BCUT2D eigenvalue weighted by molar-refractivity contribution is 0.286. The Kier molecular flexibility index (Phi) is 8.33. The van der Waals surface area contributed by atoms with Crippen molar-refractivity contribution in [3.05, 3.63) is 102 Å². The van der Waals surface area contributed by atoms with Crippen LogP contribution in [0.2, 0.25) is 0 Å². The first kappa shape index (κ1) is 27.1. The van der Waals surface area contributed by atoms with E-state index < -0.39 is 31.9 Å². The fourth-order valence-corrected chi connectivity index (χ4v) is 9.48. The van der Waals surface area contributed by atoms with Crippen molar-refractivity contribution in [1.29, 1.82) is 0 Å². The number of sulfonamides is 1. The van der Waals surface area contributed by atoms with Crippen LogP contribution in [0.3, 0.4) is 0 Å². The highest BCUT2D eigenvalue weighted by molar-refractivity contribution is 7.92. The largest absolute Gasteiger partial charge is 0.307 e. The third kappa shape index (κ3) is 6.37. The van der Waals surface area contributed by atoms with E-state index in [1.807, 2.05) is 72.8 Å². The minimum atomic E-state index is -3.97. The lowest BCUT2D eigenvalue weighted by Crippen LogP contribution is -2.51. The average Bonchev–Trinajstić information content (AvgIpc) is 3.26. The summed E-state index contributed by atoms with van der Waals surface area (Å²) < 4.78 is 55.4. The van der Waals surface area contributed by atoms with Crippen LogP contribution in [-0.4, -0.2) is 44.7 Å². The number of sulfone groups is 1. The second kappa shape index (κ2) is 11.7. The predicted octanol–water partition coefficient (Wildman–Crippen LogP) is 4.88. The van der Waals surface area contributed by atoms with Gasteiger partial charge in [-0.05, 0) is 47.6 Å². The summed E-state index contributed by atoms with van der Waals surface area (Å²) in [7, 11) is -7.39. The average molecular weight is 553 g/mol. The highest BCUT2D eigenvalue weighted by atomic mass is 32.2. The molecule has 202 valence electrons. The van der Waals surface area contributed by atoms with E-state index >= 15 is 0 Å². The Labute approximate surface area is 227 Å². The van der Waals surface area contributed by atoms with Crippen LogP contribution >= 0.6 is 0 Å². The molecule has 6 nitrogen and oxygen atoms in total. The molecular formula is C30H36N2O4S2. The summed E-state index contributed by atoms with van der Waals surface area (Å²) in [6.45, 7) is 0.574. The summed E-state index contributed by atoms with van der Waals surface area (Å²) in [5.41, 5.74) is 3.02.